The van der Waals surface area contributed by atoms with Crippen LogP contribution in [0.4, 0.5) is 5.69 Å². The van der Waals surface area contributed by atoms with E-state index < -0.39 is 0 Å². The third-order valence-corrected chi connectivity index (χ3v) is 6.41. The molecular weight excluding hydrogens is 472 g/mol. The predicted octanol–water partition coefficient (Wildman–Crippen LogP) is 4.85. The van der Waals surface area contributed by atoms with Gasteiger partial charge in [-0.3, -0.25) is 9.48 Å². The van der Waals surface area contributed by atoms with Gasteiger partial charge in [0, 0.05) is 23.8 Å². The Bertz CT molecular complexity index is 1310. The Morgan fingerprint density at radius 2 is 1.88 bits per heavy atom. The second kappa shape index (κ2) is 9.48. The topological polar surface area (TPSA) is 68.6 Å². The SMILES string of the molecule is COc1ccc(/C=C2/NC(=S)N(c3cn(C)nc3C)C2=O)cc1COc1cc(C)c(Cl)c(C)c1. The summed E-state index contributed by atoms with van der Waals surface area (Å²) in [7, 11) is 3.42. The van der Waals surface area contributed by atoms with Crippen LogP contribution in [-0.2, 0) is 18.4 Å². The third-order valence-electron chi connectivity index (χ3n) is 5.53. The molecule has 2 aromatic carbocycles. The van der Waals surface area contributed by atoms with Crippen LogP contribution >= 0.6 is 23.8 Å². The largest absolute Gasteiger partial charge is 0.496 e. The number of rotatable bonds is 6. The molecule has 176 valence electrons. The second-order valence-corrected chi connectivity index (χ2v) is 8.90. The number of benzene rings is 2. The first kappa shape index (κ1) is 23.8. The number of nitrogens with one attached hydrogen (secondary N) is 1. The van der Waals surface area contributed by atoms with E-state index in [4.69, 9.17) is 33.3 Å². The predicted molar refractivity (Wildman–Crippen MR) is 137 cm³/mol. The number of thiocarbonyl (C=S) groups is 1. The fourth-order valence-corrected chi connectivity index (χ4v) is 4.28. The Hall–Kier alpha value is -3.36. The summed E-state index contributed by atoms with van der Waals surface area (Å²) in [5.74, 6) is 1.19. The molecule has 3 aromatic rings. The van der Waals surface area contributed by atoms with Crippen molar-refractivity contribution in [2.24, 2.45) is 7.05 Å². The normalized spacial score (nSPS) is 14.6. The summed E-state index contributed by atoms with van der Waals surface area (Å²) in [4.78, 5) is 14.6. The van der Waals surface area contributed by atoms with E-state index in [1.807, 2.05) is 51.1 Å². The molecule has 1 amide bonds. The van der Waals surface area contributed by atoms with Crippen LogP contribution < -0.4 is 19.7 Å². The minimum atomic E-state index is -0.234. The number of hydrogen-bond acceptors (Lipinski definition) is 5. The standard InChI is InChI=1S/C25H25ClN4O3S/c1-14-8-19(9-15(2)23(14)26)33-13-18-10-17(6-7-22(18)32-5)11-20-24(31)30(25(34)27-20)21-12-29(4)28-16(21)3/h6-12H,13H2,1-5H3,(H,27,34)/b20-11+. The number of anilines is 1. The van der Waals surface area contributed by atoms with Crippen LogP contribution in [0.2, 0.25) is 5.02 Å². The van der Waals surface area contributed by atoms with Crippen LogP contribution in [-0.4, -0.2) is 27.9 Å². The quantitative estimate of drug-likeness (QED) is 0.388. The summed E-state index contributed by atoms with van der Waals surface area (Å²) in [5, 5.41) is 8.38. The summed E-state index contributed by atoms with van der Waals surface area (Å²) >= 11 is 11.7. The first-order valence-corrected chi connectivity index (χ1v) is 11.4. The number of carbonyl (C=O) groups is 1. The Balaban J connectivity index is 1.58. The van der Waals surface area contributed by atoms with Gasteiger partial charge in [-0.25, -0.2) is 4.90 Å². The Kier molecular flexibility index (Phi) is 6.63. The molecule has 0 spiro atoms. The summed E-state index contributed by atoms with van der Waals surface area (Å²) in [6.45, 7) is 6.03. The Morgan fingerprint density at radius 3 is 2.50 bits per heavy atom. The first-order chi connectivity index (χ1) is 16.2. The lowest BCUT2D eigenvalue weighted by Gasteiger charge is -2.13. The van der Waals surface area contributed by atoms with Crippen molar-refractivity contribution >= 4 is 46.6 Å². The van der Waals surface area contributed by atoms with E-state index in [9.17, 15) is 4.79 Å². The van der Waals surface area contributed by atoms with E-state index in [1.165, 1.54) is 4.90 Å². The van der Waals surface area contributed by atoms with Gasteiger partial charge < -0.3 is 14.8 Å². The van der Waals surface area contributed by atoms with Gasteiger partial charge in [-0.15, -0.1) is 0 Å². The highest BCUT2D eigenvalue weighted by molar-refractivity contribution is 7.80. The highest BCUT2D eigenvalue weighted by Crippen LogP contribution is 2.29. The number of hydrogen-bond donors (Lipinski definition) is 1. The van der Waals surface area contributed by atoms with Crippen molar-refractivity contribution in [2.45, 2.75) is 27.4 Å². The van der Waals surface area contributed by atoms with Gasteiger partial charge in [0.15, 0.2) is 5.11 Å². The van der Waals surface area contributed by atoms with Gasteiger partial charge in [0.2, 0.25) is 0 Å². The van der Waals surface area contributed by atoms with Crippen molar-refractivity contribution in [3.05, 3.63) is 75.2 Å². The van der Waals surface area contributed by atoms with E-state index in [2.05, 4.69) is 10.4 Å². The molecule has 0 aliphatic carbocycles. The summed E-state index contributed by atoms with van der Waals surface area (Å²) in [6, 6.07) is 9.47. The molecular formula is C25H25ClN4O3S. The van der Waals surface area contributed by atoms with Crippen LogP contribution in [0.3, 0.4) is 0 Å². The highest BCUT2D eigenvalue weighted by atomic mass is 35.5. The maximum atomic E-state index is 13.1. The molecule has 34 heavy (non-hydrogen) atoms. The van der Waals surface area contributed by atoms with Crippen molar-refractivity contribution in [1.29, 1.82) is 0 Å². The monoisotopic (exact) mass is 496 g/mol. The molecule has 0 saturated carbocycles. The molecule has 1 saturated heterocycles. The minimum Gasteiger partial charge on any atom is -0.496 e. The van der Waals surface area contributed by atoms with Gasteiger partial charge in [0.25, 0.3) is 5.91 Å². The average Bonchev–Trinajstić information content (AvgIpc) is 3.26. The van der Waals surface area contributed by atoms with Crippen LogP contribution in [0.1, 0.15) is 27.9 Å². The zero-order valence-electron chi connectivity index (χ0n) is 19.6. The van der Waals surface area contributed by atoms with Gasteiger partial charge in [0.1, 0.15) is 23.8 Å². The molecule has 1 fully saturated rings. The van der Waals surface area contributed by atoms with Crippen molar-refractivity contribution in [3.8, 4) is 11.5 Å². The van der Waals surface area contributed by atoms with Crippen LogP contribution in [0.15, 0.2) is 42.2 Å². The van der Waals surface area contributed by atoms with E-state index in [-0.39, 0.29) is 5.91 Å². The summed E-state index contributed by atoms with van der Waals surface area (Å²) in [5.41, 5.74) is 5.33. The average molecular weight is 497 g/mol. The maximum Gasteiger partial charge on any atom is 0.281 e. The molecule has 0 radical (unpaired) electrons. The number of halogens is 1. The summed E-state index contributed by atoms with van der Waals surface area (Å²) in [6.07, 6.45) is 3.53. The van der Waals surface area contributed by atoms with Crippen molar-refractivity contribution in [2.75, 3.05) is 12.0 Å². The zero-order chi connectivity index (χ0) is 24.6. The fourth-order valence-electron chi connectivity index (χ4n) is 3.88. The number of aromatic nitrogens is 2. The van der Waals surface area contributed by atoms with Crippen LogP contribution in [0.5, 0.6) is 11.5 Å². The van der Waals surface area contributed by atoms with Crippen molar-refractivity contribution < 1.29 is 14.3 Å². The summed E-state index contributed by atoms with van der Waals surface area (Å²) < 4.78 is 13.2. The molecule has 1 aliphatic heterocycles. The van der Waals surface area contributed by atoms with Gasteiger partial charge in [-0.2, -0.15) is 5.10 Å². The van der Waals surface area contributed by atoms with E-state index in [0.717, 1.165) is 38.7 Å². The van der Waals surface area contributed by atoms with Gasteiger partial charge in [-0.05, 0) is 80.0 Å². The van der Waals surface area contributed by atoms with E-state index in [0.29, 0.717) is 28.9 Å². The van der Waals surface area contributed by atoms with Gasteiger partial charge >= 0.3 is 0 Å². The lowest BCUT2D eigenvalue weighted by molar-refractivity contribution is -0.113. The zero-order valence-corrected chi connectivity index (χ0v) is 21.2. The molecule has 1 N–H and O–H groups in total. The Labute approximate surface area is 208 Å². The van der Waals surface area contributed by atoms with E-state index >= 15 is 0 Å². The molecule has 0 bridgehead atoms. The first-order valence-electron chi connectivity index (χ1n) is 10.6. The maximum absolute atomic E-state index is 13.1. The highest BCUT2D eigenvalue weighted by Gasteiger charge is 2.33. The van der Waals surface area contributed by atoms with Crippen LogP contribution in [0, 0.1) is 20.8 Å². The number of aryl methyl sites for hydroxylation is 4. The minimum absolute atomic E-state index is 0.234. The van der Waals surface area contributed by atoms with Gasteiger partial charge in [-0.1, -0.05) is 17.7 Å². The number of amides is 1. The molecule has 9 heteroatoms. The molecule has 0 atom stereocenters. The molecule has 7 nitrogen and oxygen atoms in total. The van der Waals surface area contributed by atoms with Crippen molar-refractivity contribution in [1.82, 2.24) is 15.1 Å². The number of carbonyl (C=O) groups excluding carboxylic acids is 1. The van der Waals surface area contributed by atoms with Gasteiger partial charge in [0.05, 0.1) is 18.5 Å². The van der Waals surface area contributed by atoms with Crippen molar-refractivity contribution in [3.63, 3.8) is 0 Å². The second-order valence-electron chi connectivity index (χ2n) is 8.13. The smallest absolute Gasteiger partial charge is 0.281 e. The molecule has 1 aliphatic rings. The van der Waals surface area contributed by atoms with Crippen LogP contribution in [0.25, 0.3) is 6.08 Å². The lowest BCUT2D eigenvalue weighted by Crippen LogP contribution is -2.30. The molecule has 2 heterocycles. The molecule has 0 unspecified atom stereocenters. The molecule has 4 rings (SSSR count). The third kappa shape index (κ3) is 4.64. The Morgan fingerprint density at radius 1 is 1.18 bits per heavy atom. The number of nitrogens with zero attached hydrogens (tertiary/aromatic N) is 3. The van der Waals surface area contributed by atoms with E-state index in [1.54, 1.807) is 31.1 Å². The fraction of sp³-hybridized carbons (Fsp3) is 0.240. The molecule has 1 aromatic heterocycles. The lowest BCUT2D eigenvalue weighted by atomic mass is 10.1. The number of methoxy groups -OCH3 is 1. The number of ether oxygens (including phenoxy) is 2.